The number of halogens is 3. The van der Waals surface area contributed by atoms with Crippen molar-refractivity contribution in [1.29, 1.82) is 0 Å². The third kappa shape index (κ3) is 3.98. The molecule has 0 saturated carbocycles. The van der Waals surface area contributed by atoms with E-state index in [1.807, 2.05) is 0 Å². The highest BCUT2D eigenvalue weighted by Gasteiger charge is 2.32. The Kier molecular flexibility index (Phi) is 4.55. The Labute approximate surface area is 161 Å². The van der Waals surface area contributed by atoms with Gasteiger partial charge in [0.1, 0.15) is 11.3 Å². The van der Waals surface area contributed by atoms with Gasteiger partial charge in [-0.2, -0.15) is 10.2 Å². The minimum atomic E-state index is -4.85. The van der Waals surface area contributed by atoms with Crippen LogP contribution in [-0.4, -0.2) is 37.1 Å². The van der Waals surface area contributed by atoms with Crippen LogP contribution in [0.4, 0.5) is 19.0 Å². The lowest BCUT2D eigenvalue weighted by Gasteiger charge is -2.13. The first kappa shape index (κ1) is 18.3. The van der Waals surface area contributed by atoms with Crippen LogP contribution in [-0.2, 0) is 0 Å². The van der Waals surface area contributed by atoms with E-state index in [-0.39, 0.29) is 28.3 Å². The Balaban J connectivity index is 1.72. The molecule has 1 N–H and O–H groups in total. The Morgan fingerprint density at radius 2 is 1.93 bits per heavy atom. The van der Waals surface area contributed by atoms with Gasteiger partial charge in [-0.05, 0) is 30.3 Å². The summed E-state index contributed by atoms with van der Waals surface area (Å²) >= 11 is 0. The number of rotatable bonds is 4. The smallest absolute Gasteiger partial charge is 0.405 e. The van der Waals surface area contributed by atoms with E-state index in [0.717, 1.165) is 0 Å². The second-order valence-corrected chi connectivity index (χ2v) is 5.75. The SMILES string of the molecule is O=C(Nc1cccnn1)c1cnn2ccc(-c3ccccc3OC(F)(F)F)nc12. The number of carbonyl (C=O) groups excluding carboxylic acids is 1. The van der Waals surface area contributed by atoms with Crippen molar-refractivity contribution in [2.24, 2.45) is 0 Å². The van der Waals surface area contributed by atoms with E-state index in [2.05, 4.69) is 30.3 Å². The lowest BCUT2D eigenvalue weighted by Crippen LogP contribution is -2.17. The molecule has 1 amide bonds. The van der Waals surface area contributed by atoms with Crippen molar-refractivity contribution in [3.05, 3.63) is 66.6 Å². The zero-order valence-electron chi connectivity index (χ0n) is 14.5. The van der Waals surface area contributed by atoms with Crippen molar-refractivity contribution in [3.63, 3.8) is 0 Å². The number of benzene rings is 1. The van der Waals surface area contributed by atoms with Gasteiger partial charge < -0.3 is 10.1 Å². The van der Waals surface area contributed by atoms with Crippen LogP contribution in [0.5, 0.6) is 5.75 Å². The van der Waals surface area contributed by atoms with Gasteiger partial charge in [0.15, 0.2) is 11.5 Å². The largest absolute Gasteiger partial charge is 0.573 e. The van der Waals surface area contributed by atoms with Gasteiger partial charge in [-0.3, -0.25) is 4.79 Å². The lowest BCUT2D eigenvalue weighted by atomic mass is 10.1. The number of carbonyl (C=O) groups is 1. The summed E-state index contributed by atoms with van der Waals surface area (Å²) in [6.45, 7) is 0. The lowest BCUT2D eigenvalue weighted by molar-refractivity contribution is -0.274. The van der Waals surface area contributed by atoms with E-state index in [4.69, 9.17) is 0 Å². The van der Waals surface area contributed by atoms with Crippen LogP contribution in [0, 0.1) is 0 Å². The summed E-state index contributed by atoms with van der Waals surface area (Å²) in [4.78, 5) is 16.9. The molecule has 4 aromatic rings. The molecule has 0 radical (unpaired) electrons. The molecule has 4 rings (SSSR count). The highest BCUT2D eigenvalue weighted by Crippen LogP contribution is 2.33. The number of hydrogen-bond donors (Lipinski definition) is 1. The molecule has 0 aliphatic rings. The van der Waals surface area contributed by atoms with Crippen molar-refractivity contribution < 1.29 is 22.7 Å². The Hall–Kier alpha value is -4.02. The summed E-state index contributed by atoms with van der Waals surface area (Å²) < 4.78 is 43.5. The third-order valence-electron chi connectivity index (χ3n) is 3.82. The van der Waals surface area contributed by atoms with Crippen molar-refractivity contribution >= 4 is 17.4 Å². The van der Waals surface area contributed by atoms with Gasteiger partial charge in [-0.25, -0.2) is 9.50 Å². The summed E-state index contributed by atoms with van der Waals surface area (Å²) in [5.41, 5.74) is 0.581. The minimum Gasteiger partial charge on any atom is -0.405 e. The molecule has 0 atom stereocenters. The van der Waals surface area contributed by atoms with Crippen LogP contribution >= 0.6 is 0 Å². The minimum absolute atomic E-state index is 0.117. The number of fused-ring (bicyclic) bond motifs is 1. The molecule has 0 aliphatic carbocycles. The molecule has 0 aliphatic heterocycles. The van der Waals surface area contributed by atoms with Gasteiger partial charge in [0.05, 0.1) is 11.9 Å². The van der Waals surface area contributed by atoms with Gasteiger partial charge in [0, 0.05) is 18.0 Å². The van der Waals surface area contributed by atoms with Gasteiger partial charge in [-0.1, -0.05) is 12.1 Å². The fraction of sp³-hybridized carbons (Fsp3) is 0.0556. The van der Waals surface area contributed by atoms with E-state index in [1.165, 1.54) is 47.4 Å². The predicted molar refractivity (Wildman–Crippen MR) is 95.1 cm³/mol. The van der Waals surface area contributed by atoms with Crippen LogP contribution in [0.3, 0.4) is 0 Å². The first-order chi connectivity index (χ1) is 13.9. The number of alkyl halides is 3. The Bertz CT molecular complexity index is 1180. The van der Waals surface area contributed by atoms with Crippen molar-refractivity contribution in [1.82, 2.24) is 24.8 Å². The zero-order chi connectivity index (χ0) is 20.4. The number of hydrogen-bond acceptors (Lipinski definition) is 6. The number of anilines is 1. The van der Waals surface area contributed by atoms with Crippen LogP contribution in [0.25, 0.3) is 16.9 Å². The normalized spacial score (nSPS) is 11.4. The topological polar surface area (TPSA) is 94.3 Å². The molecule has 0 unspecified atom stereocenters. The molecule has 0 bridgehead atoms. The van der Waals surface area contributed by atoms with Crippen LogP contribution in [0.15, 0.2) is 61.1 Å². The summed E-state index contributed by atoms with van der Waals surface area (Å²) in [5, 5.41) is 14.0. The standard InChI is InChI=1S/C18H11F3N6O2/c19-18(20,21)29-14-5-2-1-4-11(14)13-7-9-27-16(24-13)12(10-23-27)17(28)25-15-6-3-8-22-26-15/h1-10H,(H,25,26,28). The fourth-order valence-electron chi connectivity index (χ4n) is 2.62. The molecule has 11 heteroatoms. The van der Waals surface area contributed by atoms with Gasteiger partial charge >= 0.3 is 6.36 Å². The van der Waals surface area contributed by atoms with Gasteiger partial charge in [0.2, 0.25) is 0 Å². The molecule has 3 aromatic heterocycles. The monoisotopic (exact) mass is 400 g/mol. The number of aromatic nitrogens is 5. The fourth-order valence-corrected chi connectivity index (χ4v) is 2.62. The van der Waals surface area contributed by atoms with E-state index in [0.29, 0.717) is 0 Å². The van der Waals surface area contributed by atoms with E-state index in [1.54, 1.807) is 18.2 Å². The van der Waals surface area contributed by atoms with Gasteiger partial charge in [0.25, 0.3) is 5.91 Å². The Morgan fingerprint density at radius 3 is 2.69 bits per heavy atom. The van der Waals surface area contributed by atoms with Crippen molar-refractivity contribution in [2.75, 3.05) is 5.32 Å². The maximum Gasteiger partial charge on any atom is 0.573 e. The number of nitrogens with zero attached hydrogens (tertiary/aromatic N) is 5. The van der Waals surface area contributed by atoms with E-state index < -0.39 is 18.0 Å². The maximum absolute atomic E-state index is 12.7. The summed E-state index contributed by atoms with van der Waals surface area (Å²) in [7, 11) is 0. The van der Waals surface area contributed by atoms with E-state index >= 15 is 0 Å². The number of amides is 1. The molecule has 8 nitrogen and oxygen atoms in total. The second kappa shape index (κ2) is 7.19. The molecule has 1 aromatic carbocycles. The van der Waals surface area contributed by atoms with Crippen LogP contribution < -0.4 is 10.1 Å². The maximum atomic E-state index is 12.7. The molecule has 146 valence electrons. The molecule has 0 saturated heterocycles. The zero-order valence-corrected chi connectivity index (χ0v) is 14.5. The van der Waals surface area contributed by atoms with Crippen LogP contribution in [0.2, 0.25) is 0 Å². The molecule has 3 heterocycles. The summed E-state index contributed by atoms with van der Waals surface area (Å²) in [6, 6.07) is 10.2. The highest BCUT2D eigenvalue weighted by atomic mass is 19.4. The average Bonchev–Trinajstić information content (AvgIpc) is 3.11. The first-order valence-corrected chi connectivity index (χ1v) is 8.19. The molecule has 0 spiro atoms. The average molecular weight is 400 g/mol. The number of ether oxygens (including phenoxy) is 1. The van der Waals surface area contributed by atoms with E-state index in [9.17, 15) is 18.0 Å². The predicted octanol–water partition coefficient (Wildman–Crippen LogP) is 3.34. The molecular weight excluding hydrogens is 389 g/mol. The Morgan fingerprint density at radius 1 is 1.10 bits per heavy atom. The molecule has 29 heavy (non-hydrogen) atoms. The summed E-state index contributed by atoms with van der Waals surface area (Å²) in [6.07, 6.45) is -0.602. The third-order valence-corrected chi connectivity index (χ3v) is 3.82. The van der Waals surface area contributed by atoms with Crippen molar-refractivity contribution in [2.45, 2.75) is 6.36 Å². The van der Waals surface area contributed by atoms with Crippen molar-refractivity contribution in [3.8, 4) is 17.0 Å². The first-order valence-electron chi connectivity index (χ1n) is 8.19. The number of nitrogens with one attached hydrogen (secondary N) is 1. The highest BCUT2D eigenvalue weighted by molar-refractivity contribution is 6.07. The quantitative estimate of drug-likeness (QED) is 0.565. The molecular formula is C18H11F3N6O2. The number of para-hydroxylation sites is 1. The van der Waals surface area contributed by atoms with Gasteiger partial charge in [-0.15, -0.1) is 18.3 Å². The second-order valence-electron chi connectivity index (χ2n) is 5.75. The van der Waals surface area contributed by atoms with Crippen LogP contribution in [0.1, 0.15) is 10.4 Å². The molecule has 0 fully saturated rings. The summed E-state index contributed by atoms with van der Waals surface area (Å²) in [5.74, 6) is -0.705.